The van der Waals surface area contributed by atoms with E-state index in [1.807, 2.05) is 4.68 Å². The van der Waals surface area contributed by atoms with E-state index in [4.69, 9.17) is 4.74 Å². The van der Waals surface area contributed by atoms with Crippen molar-refractivity contribution in [2.45, 2.75) is 33.4 Å². The summed E-state index contributed by atoms with van der Waals surface area (Å²) in [7, 11) is 0. The highest BCUT2D eigenvalue weighted by Gasteiger charge is 2.15. The van der Waals surface area contributed by atoms with Gasteiger partial charge in [0.25, 0.3) is 0 Å². The Balaban J connectivity index is 1.75. The molecular weight excluding hydrogens is 216 g/mol. The van der Waals surface area contributed by atoms with E-state index in [0.717, 1.165) is 38.7 Å². The van der Waals surface area contributed by atoms with Crippen LogP contribution in [0.25, 0.3) is 0 Å². The van der Waals surface area contributed by atoms with Gasteiger partial charge in [0.1, 0.15) is 12.2 Å². The van der Waals surface area contributed by atoms with E-state index in [1.165, 1.54) is 6.42 Å². The van der Waals surface area contributed by atoms with E-state index in [9.17, 15) is 0 Å². The molecule has 0 spiro atoms. The molecule has 5 heteroatoms. The molecule has 5 nitrogen and oxygen atoms in total. The topological polar surface area (TPSA) is 52.0 Å². The van der Waals surface area contributed by atoms with Gasteiger partial charge in [-0.3, -0.25) is 0 Å². The van der Waals surface area contributed by atoms with Crippen LogP contribution in [0.1, 0.15) is 26.1 Å². The molecule has 2 heterocycles. The van der Waals surface area contributed by atoms with Crippen molar-refractivity contribution in [3.05, 3.63) is 12.2 Å². The Labute approximate surface area is 103 Å². The third-order valence-corrected chi connectivity index (χ3v) is 2.97. The molecule has 0 amide bonds. The van der Waals surface area contributed by atoms with Crippen LogP contribution in [0.3, 0.4) is 0 Å². The molecule has 0 saturated carbocycles. The van der Waals surface area contributed by atoms with Crippen molar-refractivity contribution < 1.29 is 4.74 Å². The molecule has 1 unspecified atom stereocenters. The average Bonchev–Trinajstić information content (AvgIpc) is 2.90. The molecule has 0 aromatic carbocycles. The van der Waals surface area contributed by atoms with Crippen LogP contribution in [0.5, 0.6) is 0 Å². The first-order valence-electron chi connectivity index (χ1n) is 6.41. The second kappa shape index (κ2) is 6.12. The summed E-state index contributed by atoms with van der Waals surface area (Å²) in [6.45, 7) is 8.92. The van der Waals surface area contributed by atoms with E-state index >= 15 is 0 Å². The van der Waals surface area contributed by atoms with Crippen LogP contribution in [-0.4, -0.2) is 34.5 Å². The highest BCUT2D eigenvalue weighted by Crippen LogP contribution is 2.10. The van der Waals surface area contributed by atoms with Gasteiger partial charge in [-0.15, -0.1) is 0 Å². The predicted molar refractivity (Wildman–Crippen MR) is 65.5 cm³/mol. The van der Waals surface area contributed by atoms with Gasteiger partial charge in [-0.25, -0.2) is 9.67 Å². The number of rotatable bonds is 6. The zero-order valence-electron chi connectivity index (χ0n) is 10.7. The van der Waals surface area contributed by atoms with E-state index in [2.05, 4.69) is 29.2 Å². The quantitative estimate of drug-likeness (QED) is 0.805. The normalized spacial score (nSPS) is 20.3. The van der Waals surface area contributed by atoms with Crippen molar-refractivity contribution in [1.82, 2.24) is 20.1 Å². The third kappa shape index (κ3) is 3.78. The highest BCUT2D eigenvalue weighted by molar-refractivity contribution is 4.84. The summed E-state index contributed by atoms with van der Waals surface area (Å²) < 4.78 is 7.34. The molecule has 1 aliphatic heterocycles. The van der Waals surface area contributed by atoms with Crippen LogP contribution in [-0.2, 0) is 17.8 Å². The maximum Gasteiger partial charge on any atom is 0.140 e. The lowest BCUT2D eigenvalue weighted by molar-refractivity contribution is 0.185. The number of hydrogen-bond acceptors (Lipinski definition) is 4. The number of nitrogens with zero attached hydrogens (tertiary/aromatic N) is 3. The van der Waals surface area contributed by atoms with E-state index < -0.39 is 0 Å². The third-order valence-electron chi connectivity index (χ3n) is 2.97. The molecule has 0 bridgehead atoms. The average molecular weight is 238 g/mol. The van der Waals surface area contributed by atoms with Gasteiger partial charge in [-0.2, -0.15) is 5.10 Å². The Kier molecular flexibility index (Phi) is 4.50. The van der Waals surface area contributed by atoms with Crippen LogP contribution in [0.2, 0.25) is 0 Å². The number of nitrogens with one attached hydrogen (secondary N) is 1. The summed E-state index contributed by atoms with van der Waals surface area (Å²) in [5, 5.41) is 7.69. The second-order valence-electron chi connectivity index (χ2n) is 5.11. The highest BCUT2D eigenvalue weighted by atomic mass is 16.5. The van der Waals surface area contributed by atoms with Crippen molar-refractivity contribution in [2.24, 2.45) is 11.8 Å². The largest absolute Gasteiger partial charge is 0.381 e. The Morgan fingerprint density at radius 3 is 3.18 bits per heavy atom. The first kappa shape index (κ1) is 12.5. The molecule has 1 aromatic rings. The molecule has 2 rings (SSSR count). The van der Waals surface area contributed by atoms with Crippen LogP contribution in [0.4, 0.5) is 0 Å². The Morgan fingerprint density at radius 1 is 1.59 bits per heavy atom. The fourth-order valence-corrected chi connectivity index (χ4v) is 2.06. The lowest BCUT2D eigenvalue weighted by Crippen LogP contribution is -2.25. The minimum atomic E-state index is 0.596. The molecule has 1 fully saturated rings. The summed E-state index contributed by atoms with van der Waals surface area (Å²) in [5.41, 5.74) is 0. The van der Waals surface area contributed by atoms with Crippen LogP contribution < -0.4 is 5.32 Å². The van der Waals surface area contributed by atoms with Gasteiger partial charge in [-0.1, -0.05) is 13.8 Å². The van der Waals surface area contributed by atoms with Crippen molar-refractivity contribution in [3.63, 3.8) is 0 Å². The molecular formula is C12H22N4O. The summed E-state index contributed by atoms with van der Waals surface area (Å²) in [6, 6.07) is 0. The van der Waals surface area contributed by atoms with E-state index in [0.29, 0.717) is 11.8 Å². The van der Waals surface area contributed by atoms with Crippen LogP contribution in [0, 0.1) is 11.8 Å². The van der Waals surface area contributed by atoms with Crippen molar-refractivity contribution in [1.29, 1.82) is 0 Å². The Hall–Kier alpha value is -0.940. The van der Waals surface area contributed by atoms with Crippen molar-refractivity contribution >= 4 is 0 Å². The van der Waals surface area contributed by atoms with Crippen molar-refractivity contribution in [2.75, 3.05) is 19.8 Å². The summed E-state index contributed by atoms with van der Waals surface area (Å²) >= 11 is 0. The summed E-state index contributed by atoms with van der Waals surface area (Å²) in [4.78, 5) is 4.29. The molecule has 1 atom stereocenters. The molecule has 1 N–H and O–H groups in total. The lowest BCUT2D eigenvalue weighted by Gasteiger charge is -2.11. The summed E-state index contributed by atoms with van der Waals surface area (Å²) in [6.07, 6.45) is 2.81. The van der Waals surface area contributed by atoms with Gasteiger partial charge in [0.05, 0.1) is 13.2 Å². The number of ether oxygens (including phenoxy) is 1. The molecule has 0 aliphatic carbocycles. The van der Waals surface area contributed by atoms with Gasteiger partial charge in [0, 0.05) is 19.7 Å². The zero-order valence-corrected chi connectivity index (χ0v) is 10.7. The number of aromatic nitrogens is 3. The molecule has 0 radical (unpaired) electrons. The Morgan fingerprint density at radius 2 is 2.47 bits per heavy atom. The predicted octanol–water partition coefficient (Wildman–Crippen LogP) is 1.06. The zero-order chi connectivity index (χ0) is 12.1. The SMILES string of the molecule is CC(C)Cn1ncnc1CNCC1CCOC1. The van der Waals surface area contributed by atoms with Gasteiger partial charge >= 0.3 is 0 Å². The molecule has 1 aromatic heterocycles. The maximum atomic E-state index is 5.35. The second-order valence-corrected chi connectivity index (χ2v) is 5.11. The standard InChI is InChI=1S/C12H22N4O/c1-10(2)7-16-12(14-9-15-16)6-13-5-11-3-4-17-8-11/h9-11,13H,3-8H2,1-2H3. The Bertz CT molecular complexity index is 331. The molecule has 1 saturated heterocycles. The van der Waals surface area contributed by atoms with Crippen LogP contribution >= 0.6 is 0 Å². The van der Waals surface area contributed by atoms with Crippen LogP contribution in [0.15, 0.2) is 6.33 Å². The van der Waals surface area contributed by atoms with Gasteiger partial charge in [-0.05, 0) is 18.3 Å². The first-order valence-corrected chi connectivity index (χ1v) is 6.41. The van der Waals surface area contributed by atoms with Gasteiger partial charge in [0.15, 0.2) is 0 Å². The minimum absolute atomic E-state index is 0.596. The lowest BCUT2D eigenvalue weighted by atomic mass is 10.1. The fourth-order valence-electron chi connectivity index (χ4n) is 2.06. The van der Waals surface area contributed by atoms with Crippen molar-refractivity contribution in [3.8, 4) is 0 Å². The van der Waals surface area contributed by atoms with Gasteiger partial charge in [0.2, 0.25) is 0 Å². The first-order chi connectivity index (χ1) is 8.25. The minimum Gasteiger partial charge on any atom is -0.381 e. The van der Waals surface area contributed by atoms with E-state index in [-0.39, 0.29) is 0 Å². The smallest absolute Gasteiger partial charge is 0.140 e. The van der Waals surface area contributed by atoms with Gasteiger partial charge < -0.3 is 10.1 Å². The molecule has 1 aliphatic rings. The molecule has 17 heavy (non-hydrogen) atoms. The molecule has 96 valence electrons. The number of hydrogen-bond donors (Lipinski definition) is 1. The summed E-state index contributed by atoms with van der Waals surface area (Å²) in [5.74, 6) is 2.28. The fraction of sp³-hybridized carbons (Fsp3) is 0.833. The maximum absolute atomic E-state index is 5.35. The van der Waals surface area contributed by atoms with E-state index in [1.54, 1.807) is 6.33 Å². The monoisotopic (exact) mass is 238 g/mol.